The van der Waals surface area contributed by atoms with Gasteiger partial charge in [-0.05, 0) is 28.9 Å². The van der Waals surface area contributed by atoms with Crippen LogP contribution in [0.25, 0.3) is 0 Å². The predicted molar refractivity (Wildman–Crippen MR) is 110 cm³/mol. The number of imidazole rings is 1. The summed E-state index contributed by atoms with van der Waals surface area (Å²) in [6, 6.07) is 7.44. The average molecular weight is 393 g/mol. The number of aryl methyl sites for hydroxylation is 1. The fourth-order valence-electron chi connectivity index (χ4n) is 5.90. The molecule has 2 amide bonds. The van der Waals surface area contributed by atoms with Crippen molar-refractivity contribution < 1.29 is 9.59 Å². The highest BCUT2D eigenvalue weighted by atomic mass is 16.2. The summed E-state index contributed by atoms with van der Waals surface area (Å²) in [4.78, 5) is 33.7. The van der Waals surface area contributed by atoms with Gasteiger partial charge in [0.15, 0.2) is 0 Å². The van der Waals surface area contributed by atoms with Crippen LogP contribution in [0.4, 0.5) is 5.69 Å². The summed E-state index contributed by atoms with van der Waals surface area (Å²) < 4.78 is 1.94. The molecule has 2 fully saturated rings. The largest absolute Gasteiger partial charge is 0.336 e. The zero-order chi connectivity index (χ0) is 20.8. The molecule has 2 aliphatic heterocycles. The molecular weight excluding hydrogens is 364 g/mol. The van der Waals surface area contributed by atoms with Gasteiger partial charge in [0.05, 0.1) is 0 Å². The van der Waals surface area contributed by atoms with E-state index in [4.69, 9.17) is 0 Å². The minimum Gasteiger partial charge on any atom is -0.336 e. The lowest BCUT2D eigenvalue weighted by molar-refractivity contribution is -0.136. The number of para-hydroxylation sites is 1. The first-order valence-electron chi connectivity index (χ1n) is 10.3. The molecule has 1 aliphatic carbocycles. The molecule has 1 aromatic heterocycles. The van der Waals surface area contributed by atoms with E-state index in [1.807, 2.05) is 47.0 Å². The van der Waals surface area contributed by atoms with Crippen LogP contribution >= 0.6 is 0 Å². The first kappa shape index (κ1) is 18.4. The van der Waals surface area contributed by atoms with Gasteiger partial charge in [-0.2, -0.15) is 0 Å². The highest BCUT2D eigenvalue weighted by Gasteiger charge is 2.71. The molecule has 1 N–H and O–H groups in total. The number of hydrogen-bond donors (Lipinski definition) is 1. The summed E-state index contributed by atoms with van der Waals surface area (Å²) in [6.07, 6.45) is 4.23. The molecule has 3 aliphatic rings. The minimum absolute atomic E-state index is 0.0312. The van der Waals surface area contributed by atoms with Gasteiger partial charge in [0, 0.05) is 37.6 Å². The zero-order valence-electron chi connectivity index (χ0n) is 17.7. The quantitative estimate of drug-likeness (QED) is 0.853. The minimum atomic E-state index is -0.797. The van der Waals surface area contributed by atoms with Gasteiger partial charge in [-0.1, -0.05) is 45.9 Å². The van der Waals surface area contributed by atoms with E-state index in [-0.39, 0.29) is 28.6 Å². The number of fused-ring (bicyclic) bond motifs is 2. The SMILES string of the molecule is Cn1ccnc1[C@@H]1N(C(=O)C2C(C)(C)C2(C)C)CC[C@]12C(=O)Nc1ccccc12. The smallest absolute Gasteiger partial charge is 0.237 e. The molecule has 5 rings (SSSR count). The highest BCUT2D eigenvalue weighted by molar-refractivity contribution is 6.07. The molecule has 1 saturated heterocycles. The van der Waals surface area contributed by atoms with Crippen molar-refractivity contribution in [3.63, 3.8) is 0 Å². The number of carbonyl (C=O) groups excluding carboxylic acids is 2. The lowest BCUT2D eigenvalue weighted by atomic mass is 9.74. The normalized spacial score (nSPS) is 29.2. The number of amides is 2. The molecule has 152 valence electrons. The Morgan fingerprint density at radius 2 is 1.86 bits per heavy atom. The van der Waals surface area contributed by atoms with Gasteiger partial charge in [0.2, 0.25) is 11.8 Å². The maximum Gasteiger partial charge on any atom is 0.237 e. The van der Waals surface area contributed by atoms with Crippen LogP contribution in [0.5, 0.6) is 0 Å². The molecule has 1 saturated carbocycles. The summed E-state index contributed by atoms with van der Waals surface area (Å²) in [7, 11) is 1.93. The van der Waals surface area contributed by atoms with Crippen molar-refractivity contribution in [2.75, 3.05) is 11.9 Å². The molecule has 6 heteroatoms. The van der Waals surface area contributed by atoms with Gasteiger partial charge >= 0.3 is 0 Å². The summed E-state index contributed by atoms with van der Waals surface area (Å²) in [5, 5.41) is 3.06. The van der Waals surface area contributed by atoms with Crippen LogP contribution in [0, 0.1) is 16.7 Å². The van der Waals surface area contributed by atoms with E-state index in [1.165, 1.54) is 0 Å². The van der Waals surface area contributed by atoms with E-state index in [0.717, 1.165) is 17.1 Å². The van der Waals surface area contributed by atoms with Crippen molar-refractivity contribution in [3.8, 4) is 0 Å². The number of likely N-dealkylation sites (tertiary alicyclic amines) is 1. The second-order valence-corrected chi connectivity index (χ2v) is 9.93. The Morgan fingerprint density at radius 3 is 2.48 bits per heavy atom. The molecular formula is C23H28N4O2. The standard InChI is InChI=1S/C23H28N4O2/c1-21(2)16(22(21,3)4)19(28)27-12-10-23(17(27)18-24-11-13-26(18)5)14-8-6-7-9-15(14)25-20(23)29/h6-9,11,13,16-17H,10,12H2,1-5H3,(H,25,29)/t17-,23+/m0/s1. The highest BCUT2D eigenvalue weighted by Crippen LogP contribution is 2.69. The molecule has 1 aromatic carbocycles. The van der Waals surface area contributed by atoms with Crippen LogP contribution in [0.3, 0.4) is 0 Å². The monoisotopic (exact) mass is 392 g/mol. The molecule has 6 nitrogen and oxygen atoms in total. The lowest BCUT2D eigenvalue weighted by Crippen LogP contribution is -2.44. The van der Waals surface area contributed by atoms with Crippen LogP contribution in [0.2, 0.25) is 0 Å². The number of nitrogens with one attached hydrogen (secondary N) is 1. The van der Waals surface area contributed by atoms with Crippen LogP contribution in [0.15, 0.2) is 36.7 Å². The first-order valence-corrected chi connectivity index (χ1v) is 10.3. The number of aromatic nitrogens is 2. The van der Waals surface area contributed by atoms with E-state index < -0.39 is 11.5 Å². The number of anilines is 1. The lowest BCUT2D eigenvalue weighted by Gasteiger charge is -2.34. The number of hydrogen-bond acceptors (Lipinski definition) is 3. The number of benzene rings is 1. The Kier molecular flexibility index (Phi) is 3.49. The van der Waals surface area contributed by atoms with Crippen molar-refractivity contribution in [2.24, 2.45) is 23.8 Å². The van der Waals surface area contributed by atoms with Crippen molar-refractivity contribution in [3.05, 3.63) is 48.0 Å². The maximum atomic E-state index is 13.8. The first-order chi connectivity index (χ1) is 13.6. The number of carbonyl (C=O) groups is 2. The van der Waals surface area contributed by atoms with Gasteiger partial charge in [-0.3, -0.25) is 9.59 Å². The second kappa shape index (κ2) is 5.49. The average Bonchev–Trinajstić information content (AvgIpc) is 3.15. The number of nitrogens with zero attached hydrogens (tertiary/aromatic N) is 3. The Balaban J connectivity index is 1.65. The Hall–Kier alpha value is -2.63. The van der Waals surface area contributed by atoms with Crippen LogP contribution in [-0.4, -0.2) is 32.8 Å². The van der Waals surface area contributed by atoms with E-state index in [2.05, 4.69) is 38.0 Å². The molecule has 29 heavy (non-hydrogen) atoms. The second-order valence-electron chi connectivity index (χ2n) is 9.93. The zero-order valence-corrected chi connectivity index (χ0v) is 17.7. The molecule has 1 spiro atoms. The van der Waals surface area contributed by atoms with E-state index in [9.17, 15) is 9.59 Å². The Morgan fingerprint density at radius 1 is 1.17 bits per heavy atom. The van der Waals surface area contributed by atoms with Crippen molar-refractivity contribution in [2.45, 2.75) is 45.6 Å². The fraction of sp³-hybridized carbons (Fsp3) is 0.522. The maximum absolute atomic E-state index is 13.8. The molecule has 0 unspecified atom stereocenters. The van der Waals surface area contributed by atoms with Gasteiger partial charge in [-0.15, -0.1) is 0 Å². The van der Waals surface area contributed by atoms with Crippen molar-refractivity contribution in [1.82, 2.24) is 14.5 Å². The van der Waals surface area contributed by atoms with E-state index >= 15 is 0 Å². The summed E-state index contributed by atoms with van der Waals surface area (Å²) >= 11 is 0. The third kappa shape index (κ3) is 2.09. The summed E-state index contributed by atoms with van der Waals surface area (Å²) in [5.41, 5.74) is 0.916. The van der Waals surface area contributed by atoms with E-state index in [0.29, 0.717) is 13.0 Å². The van der Waals surface area contributed by atoms with Gasteiger partial charge < -0.3 is 14.8 Å². The van der Waals surface area contributed by atoms with Gasteiger partial charge in [-0.25, -0.2) is 4.98 Å². The van der Waals surface area contributed by atoms with Gasteiger partial charge in [0.25, 0.3) is 0 Å². The summed E-state index contributed by atoms with van der Waals surface area (Å²) in [6.45, 7) is 9.20. The van der Waals surface area contributed by atoms with Crippen molar-refractivity contribution >= 4 is 17.5 Å². The Bertz CT molecular complexity index is 1020. The third-order valence-corrected chi connectivity index (χ3v) is 8.24. The molecule has 2 aromatic rings. The molecule has 0 bridgehead atoms. The molecule has 2 atom stereocenters. The van der Waals surface area contributed by atoms with Crippen molar-refractivity contribution in [1.29, 1.82) is 0 Å². The molecule has 0 radical (unpaired) electrons. The Labute approximate surface area is 171 Å². The third-order valence-electron chi connectivity index (χ3n) is 8.24. The number of rotatable bonds is 2. The predicted octanol–water partition coefficient (Wildman–Crippen LogP) is 3.27. The van der Waals surface area contributed by atoms with Crippen LogP contribution in [-0.2, 0) is 22.1 Å². The van der Waals surface area contributed by atoms with E-state index in [1.54, 1.807) is 6.20 Å². The van der Waals surface area contributed by atoms with Gasteiger partial charge in [0.1, 0.15) is 17.3 Å². The summed E-state index contributed by atoms with van der Waals surface area (Å²) in [5.74, 6) is 0.824. The van der Waals surface area contributed by atoms with Crippen LogP contribution < -0.4 is 5.32 Å². The molecule has 3 heterocycles. The fourth-order valence-corrected chi connectivity index (χ4v) is 5.90. The van der Waals surface area contributed by atoms with Crippen LogP contribution in [0.1, 0.15) is 51.5 Å². The topological polar surface area (TPSA) is 67.2 Å².